The first-order valence-corrected chi connectivity index (χ1v) is 11.4. The number of carbonyl (C=O) groups is 2. The third kappa shape index (κ3) is 6.99. The van der Waals surface area contributed by atoms with Gasteiger partial charge in [0.15, 0.2) is 0 Å². The lowest BCUT2D eigenvalue weighted by Crippen LogP contribution is -2.22. The maximum absolute atomic E-state index is 12.8. The fraction of sp³-hybridized carbons (Fsp3) is 0.259. The van der Waals surface area contributed by atoms with Crippen molar-refractivity contribution in [2.45, 2.75) is 48.0 Å². The first kappa shape index (κ1) is 25.2. The van der Waals surface area contributed by atoms with Crippen molar-refractivity contribution in [2.24, 2.45) is 0 Å². The van der Waals surface area contributed by atoms with E-state index in [0.717, 1.165) is 28.2 Å². The summed E-state index contributed by atoms with van der Waals surface area (Å²) in [6, 6.07) is 13.3. The minimum atomic E-state index is -0.960. The van der Waals surface area contributed by atoms with Crippen LogP contribution in [-0.4, -0.2) is 17.0 Å². The molecular weight excluding hydrogens is 418 g/mol. The molecule has 0 aliphatic carbocycles. The van der Waals surface area contributed by atoms with Crippen LogP contribution in [0.15, 0.2) is 64.0 Å². The number of thioether (sulfide) groups is 1. The summed E-state index contributed by atoms with van der Waals surface area (Å²) in [5.41, 5.74) is 7.43. The number of rotatable bonds is 8. The van der Waals surface area contributed by atoms with Crippen LogP contribution in [0.1, 0.15) is 66.7 Å². The second-order valence-electron chi connectivity index (χ2n) is 7.89. The van der Waals surface area contributed by atoms with Crippen LogP contribution in [0.4, 0.5) is 0 Å². The Bertz CT molecular complexity index is 1090. The van der Waals surface area contributed by atoms with Gasteiger partial charge in [0.2, 0.25) is 0 Å². The number of aryl methyl sites for hydroxylation is 2. The second-order valence-corrected chi connectivity index (χ2v) is 8.77. The summed E-state index contributed by atoms with van der Waals surface area (Å²) in [5, 5.41) is 14.9. The van der Waals surface area contributed by atoms with Gasteiger partial charge < -0.3 is 10.4 Å². The first-order chi connectivity index (χ1) is 15.1. The number of carbonyl (C=O) groups excluding carboxylic acids is 1. The van der Waals surface area contributed by atoms with Crippen molar-refractivity contribution < 1.29 is 14.7 Å². The number of amides is 1. The lowest BCUT2D eigenvalue weighted by molar-refractivity contribution is -0.132. The molecule has 2 rings (SSSR count). The van der Waals surface area contributed by atoms with Crippen molar-refractivity contribution in [3.05, 3.63) is 91.9 Å². The molecule has 0 fully saturated rings. The van der Waals surface area contributed by atoms with Gasteiger partial charge in [-0.15, -0.1) is 0 Å². The quantitative estimate of drug-likeness (QED) is 0.428. The number of carboxylic acids is 1. The van der Waals surface area contributed by atoms with Gasteiger partial charge in [-0.1, -0.05) is 49.0 Å². The maximum Gasteiger partial charge on any atom is 0.331 e. The zero-order valence-corrected chi connectivity index (χ0v) is 20.4. The number of hydrogen-bond donors (Lipinski definition) is 2. The molecule has 4 nitrogen and oxygen atoms in total. The van der Waals surface area contributed by atoms with Gasteiger partial charge in [0.25, 0.3) is 5.91 Å². The van der Waals surface area contributed by atoms with Gasteiger partial charge in [0, 0.05) is 11.1 Å². The molecule has 0 saturated heterocycles. The minimum Gasteiger partial charge on any atom is -0.478 e. The molecule has 0 aliphatic rings. The highest BCUT2D eigenvalue weighted by Crippen LogP contribution is 2.26. The molecule has 0 heterocycles. The maximum atomic E-state index is 12.8. The fourth-order valence-corrected chi connectivity index (χ4v) is 3.74. The molecule has 0 aliphatic heterocycles. The van der Waals surface area contributed by atoms with E-state index in [1.807, 2.05) is 6.92 Å². The number of aliphatic carboxylic acids is 1. The summed E-state index contributed by atoms with van der Waals surface area (Å²) in [6.07, 6.45) is 2.41. The van der Waals surface area contributed by atoms with Gasteiger partial charge in [-0.2, -0.15) is 0 Å². The van der Waals surface area contributed by atoms with Gasteiger partial charge in [-0.05, 0) is 98.1 Å². The standard InChI is InChI=1S/C27H31NO3S/c1-7-17(2)26(32-16-21(6)24-11-8-18(3)19(4)15-24)28-25(29)23-12-9-22(10-13-23)14-20(5)27(30)31/h8-16H,7H2,1-6H3,(H,28,29)(H,30,31)/b20-14+,21-16+,26-17+. The molecular formula is C27H31NO3S. The van der Waals surface area contributed by atoms with E-state index >= 15 is 0 Å². The zero-order valence-electron chi connectivity index (χ0n) is 19.6. The van der Waals surface area contributed by atoms with Crippen LogP contribution in [-0.2, 0) is 4.79 Å². The summed E-state index contributed by atoms with van der Waals surface area (Å²) < 4.78 is 0. The highest BCUT2D eigenvalue weighted by atomic mass is 32.2. The van der Waals surface area contributed by atoms with E-state index in [0.29, 0.717) is 5.56 Å². The van der Waals surface area contributed by atoms with E-state index in [1.165, 1.54) is 35.4 Å². The van der Waals surface area contributed by atoms with E-state index in [2.05, 4.69) is 56.6 Å². The minimum absolute atomic E-state index is 0.192. The monoisotopic (exact) mass is 449 g/mol. The van der Waals surface area contributed by atoms with Crippen molar-refractivity contribution in [3.63, 3.8) is 0 Å². The molecule has 0 unspecified atom stereocenters. The van der Waals surface area contributed by atoms with Crippen LogP contribution in [0, 0.1) is 13.8 Å². The number of carboxylic acid groups (broad SMARTS) is 1. The number of hydrogen-bond acceptors (Lipinski definition) is 3. The molecule has 0 saturated carbocycles. The smallest absolute Gasteiger partial charge is 0.331 e. The van der Waals surface area contributed by atoms with E-state index in [4.69, 9.17) is 5.11 Å². The average Bonchev–Trinajstić information content (AvgIpc) is 2.77. The molecule has 2 aromatic rings. The zero-order chi connectivity index (χ0) is 23.8. The molecule has 0 radical (unpaired) electrons. The van der Waals surface area contributed by atoms with E-state index < -0.39 is 5.97 Å². The van der Waals surface area contributed by atoms with Crippen LogP contribution in [0.3, 0.4) is 0 Å². The molecule has 0 spiro atoms. The summed E-state index contributed by atoms with van der Waals surface area (Å²) >= 11 is 1.52. The Morgan fingerprint density at radius 1 is 0.969 bits per heavy atom. The van der Waals surface area contributed by atoms with Crippen LogP contribution in [0.2, 0.25) is 0 Å². The van der Waals surface area contributed by atoms with Crippen LogP contribution < -0.4 is 5.32 Å². The molecule has 168 valence electrons. The van der Waals surface area contributed by atoms with Gasteiger partial charge in [0.05, 0.1) is 5.03 Å². The van der Waals surface area contributed by atoms with Crippen molar-refractivity contribution in [1.29, 1.82) is 0 Å². The summed E-state index contributed by atoms with van der Waals surface area (Å²) in [6.45, 7) is 11.9. The molecule has 5 heteroatoms. The fourth-order valence-electron chi connectivity index (χ4n) is 2.82. The Hall–Kier alpha value is -3.05. The lowest BCUT2D eigenvalue weighted by atomic mass is 10.0. The van der Waals surface area contributed by atoms with Crippen molar-refractivity contribution in [2.75, 3.05) is 0 Å². The SMILES string of the molecule is CC/C(C)=C(\NC(=O)c1ccc(/C=C(\C)C(=O)O)cc1)S/C=C(\C)c1ccc(C)c(C)c1. The Morgan fingerprint density at radius 2 is 1.59 bits per heavy atom. The lowest BCUT2D eigenvalue weighted by Gasteiger charge is -2.12. The molecule has 0 bridgehead atoms. The highest BCUT2D eigenvalue weighted by Gasteiger charge is 2.11. The Labute approximate surface area is 195 Å². The predicted molar refractivity (Wildman–Crippen MR) is 135 cm³/mol. The second kappa shape index (κ2) is 11.5. The molecule has 2 N–H and O–H groups in total. The van der Waals surface area contributed by atoms with Crippen molar-refractivity contribution in [3.8, 4) is 0 Å². The third-order valence-corrected chi connectivity index (χ3v) is 6.51. The van der Waals surface area contributed by atoms with E-state index in [1.54, 1.807) is 30.3 Å². The summed E-state index contributed by atoms with van der Waals surface area (Å²) in [7, 11) is 0. The first-order valence-electron chi connectivity index (χ1n) is 10.6. The molecule has 0 aromatic heterocycles. The van der Waals surface area contributed by atoms with E-state index in [9.17, 15) is 9.59 Å². The summed E-state index contributed by atoms with van der Waals surface area (Å²) in [4.78, 5) is 23.8. The molecule has 1 amide bonds. The van der Waals surface area contributed by atoms with Gasteiger partial charge in [-0.3, -0.25) is 4.79 Å². The topological polar surface area (TPSA) is 66.4 Å². The molecule has 0 atom stereocenters. The normalized spacial score (nSPS) is 12.9. The Kier molecular flexibility index (Phi) is 9.09. The molecule has 32 heavy (non-hydrogen) atoms. The predicted octanol–water partition coefficient (Wildman–Crippen LogP) is 6.96. The number of nitrogens with one attached hydrogen (secondary N) is 1. The number of allylic oxidation sites excluding steroid dienone is 2. The van der Waals surface area contributed by atoms with Crippen molar-refractivity contribution in [1.82, 2.24) is 5.32 Å². The van der Waals surface area contributed by atoms with Gasteiger partial charge >= 0.3 is 5.97 Å². The average molecular weight is 450 g/mol. The van der Waals surface area contributed by atoms with E-state index in [-0.39, 0.29) is 11.5 Å². The van der Waals surface area contributed by atoms with Crippen molar-refractivity contribution >= 4 is 35.3 Å². The Morgan fingerprint density at radius 3 is 2.16 bits per heavy atom. The van der Waals surface area contributed by atoms with Gasteiger partial charge in [0.1, 0.15) is 0 Å². The Balaban J connectivity index is 2.17. The highest BCUT2D eigenvalue weighted by molar-refractivity contribution is 8.06. The van der Waals surface area contributed by atoms with Crippen LogP contribution >= 0.6 is 11.8 Å². The molecule has 2 aromatic carbocycles. The van der Waals surface area contributed by atoms with Crippen LogP contribution in [0.25, 0.3) is 11.6 Å². The number of benzene rings is 2. The van der Waals surface area contributed by atoms with Crippen LogP contribution in [0.5, 0.6) is 0 Å². The summed E-state index contributed by atoms with van der Waals surface area (Å²) in [5.74, 6) is -1.15. The largest absolute Gasteiger partial charge is 0.478 e. The van der Waals surface area contributed by atoms with Gasteiger partial charge in [-0.25, -0.2) is 4.79 Å². The third-order valence-electron chi connectivity index (χ3n) is 5.35.